The Hall–Kier alpha value is -4.03. The lowest BCUT2D eigenvalue weighted by Crippen LogP contribution is -2.28. The molecule has 12 nitrogen and oxygen atoms in total. The molecule has 2 N–H and O–H groups in total. The standard InChI is InChI=1S/C25H29ClN10O2/c1-17(15-36-16-30-33-34-36)38-22-12-18(4-5-20(22)26)19-13-28-25(29-14-19)31-21-6-7-23(32-24(21)37-2)35-10-3-8-27-9-11-35/h4-7,12-14,16-17,27H,3,8-11,15H2,1-2H3,(H,28,29,31)/t17-/m0/s1. The highest BCUT2D eigenvalue weighted by atomic mass is 35.5. The van der Waals surface area contributed by atoms with Gasteiger partial charge in [-0.25, -0.2) is 14.6 Å². The zero-order valence-corrected chi connectivity index (χ0v) is 22.0. The molecular weight excluding hydrogens is 508 g/mol. The number of aromatic nitrogens is 7. The highest BCUT2D eigenvalue weighted by Crippen LogP contribution is 2.32. The molecule has 13 heteroatoms. The van der Waals surface area contributed by atoms with E-state index < -0.39 is 0 Å². The average molecular weight is 537 g/mol. The second-order valence-corrected chi connectivity index (χ2v) is 9.25. The molecule has 0 amide bonds. The molecule has 4 heterocycles. The molecule has 1 atom stereocenters. The van der Waals surface area contributed by atoms with Gasteiger partial charge >= 0.3 is 0 Å². The number of anilines is 3. The van der Waals surface area contributed by atoms with Crippen LogP contribution in [0, 0.1) is 0 Å². The van der Waals surface area contributed by atoms with Gasteiger partial charge in [-0.15, -0.1) is 5.10 Å². The molecule has 38 heavy (non-hydrogen) atoms. The Morgan fingerprint density at radius 2 is 1.97 bits per heavy atom. The zero-order valence-electron chi connectivity index (χ0n) is 21.2. The van der Waals surface area contributed by atoms with Gasteiger partial charge in [-0.1, -0.05) is 17.7 Å². The summed E-state index contributed by atoms with van der Waals surface area (Å²) in [7, 11) is 1.61. The Labute approximate surface area is 225 Å². The van der Waals surface area contributed by atoms with Gasteiger partial charge in [0.2, 0.25) is 11.8 Å². The summed E-state index contributed by atoms with van der Waals surface area (Å²) in [5, 5.41) is 18.3. The van der Waals surface area contributed by atoms with Gasteiger partial charge in [-0.3, -0.25) is 0 Å². The molecule has 0 unspecified atom stereocenters. The Morgan fingerprint density at radius 1 is 1.11 bits per heavy atom. The third kappa shape index (κ3) is 6.26. The molecule has 3 aromatic heterocycles. The topological polar surface area (TPSA) is 128 Å². The Morgan fingerprint density at radius 3 is 2.76 bits per heavy atom. The first-order valence-electron chi connectivity index (χ1n) is 12.4. The number of methoxy groups -OCH3 is 1. The van der Waals surface area contributed by atoms with Crippen LogP contribution in [0.1, 0.15) is 13.3 Å². The van der Waals surface area contributed by atoms with Crippen LogP contribution in [0.3, 0.4) is 0 Å². The van der Waals surface area contributed by atoms with Gasteiger partial charge < -0.3 is 25.0 Å². The van der Waals surface area contributed by atoms with Crippen molar-refractivity contribution < 1.29 is 9.47 Å². The van der Waals surface area contributed by atoms with Gasteiger partial charge in [0, 0.05) is 37.6 Å². The maximum absolute atomic E-state index is 6.39. The minimum atomic E-state index is -0.194. The molecule has 1 fully saturated rings. The number of benzene rings is 1. The highest BCUT2D eigenvalue weighted by Gasteiger charge is 2.15. The van der Waals surface area contributed by atoms with E-state index in [0.29, 0.717) is 34.8 Å². The highest BCUT2D eigenvalue weighted by molar-refractivity contribution is 6.32. The lowest BCUT2D eigenvalue weighted by molar-refractivity contribution is 0.193. The van der Waals surface area contributed by atoms with Crippen LogP contribution in [0.5, 0.6) is 11.6 Å². The summed E-state index contributed by atoms with van der Waals surface area (Å²) < 4.78 is 13.2. The van der Waals surface area contributed by atoms with Gasteiger partial charge in [0.05, 0.1) is 18.7 Å². The van der Waals surface area contributed by atoms with Gasteiger partial charge in [-0.2, -0.15) is 4.98 Å². The van der Waals surface area contributed by atoms with Crippen molar-refractivity contribution in [3.63, 3.8) is 0 Å². The van der Waals surface area contributed by atoms with Crippen molar-refractivity contribution in [3.8, 4) is 22.8 Å². The monoisotopic (exact) mass is 536 g/mol. The number of halogens is 1. The Balaban J connectivity index is 1.27. The minimum Gasteiger partial charge on any atom is -0.487 e. The second kappa shape index (κ2) is 12.0. The molecule has 0 spiro atoms. The van der Waals surface area contributed by atoms with Crippen LogP contribution in [0.15, 0.2) is 49.1 Å². The lowest BCUT2D eigenvalue weighted by Gasteiger charge is -2.22. The van der Waals surface area contributed by atoms with Crippen molar-refractivity contribution in [1.82, 2.24) is 40.5 Å². The van der Waals surface area contributed by atoms with Crippen LogP contribution in [0.25, 0.3) is 11.1 Å². The number of hydrogen-bond donors (Lipinski definition) is 2. The van der Waals surface area contributed by atoms with E-state index in [4.69, 9.17) is 26.1 Å². The summed E-state index contributed by atoms with van der Waals surface area (Å²) in [6.07, 6.45) is 5.90. The summed E-state index contributed by atoms with van der Waals surface area (Å²) in [5.74, 6) is 2.37. The van der Waals surface area contributed by atoms with Crippen LogP contribution in [0.4, 0.5) is 17.5 Å². The minimum absolute atomic E-state index is 0.194. The third-order valence-electron chi connectivity index (χ3n) is 6.03. The molecule has 198 valence electrons. The van der Waals surface area contributed by atoms with E-state index in [9.17, 15) is 0 Å². The largest absolute Gasteiger partial charge is 0.487 e. The average Bonchev–Trinajstić information content (AvgIpc) is 3.29. The van der Waals surface area contributed by atoms with Crippen molar-refractivity contribution in [3.05, 3.63) is 54.1 Å². The molecule has 5 rings (SSSR count). The quantitative estimate of drug-likeness (QED) is 0.327. The number of pyridine rings is 1. The molecule has 1 aliphatic heterocycles. The van der Waals surface area contributed by atoms with Crippen LogP contribution in [0.2, 0.25) is 5.02 Å². The first kappa shape index (κ1) is 25.6. The third-order valence-corrected chi connectivity index (χ3v) is 6.34. The van der Waals surface area contributed by atoms with E-state index in [2.05, 4.69) is 41.0 Å². The predicted molar refractivity (Wildman–Crippen MR) is 144 cm³/mol. The molecule has 0 aliphatic carbocycles. The summed E-state index contributed by atoms with van der Waals surface area (Å²) >= 11 is 6.39. The van der Waals surface area contributed by atoms with E-state index in [0.717, 1.165) is 49.5 Å². The van der Waals surface area contributed by atoms with Crippen molar-refractivity contribution in [1.29, 1.82) is 0 Å². The van der Waals surface area contributed by atoms with Gasteiger partial charge in [0.25, 0.3) is 0 Å². The second-order valence-electron chi connectivity index (χ2n) is 8.84. The van der Waals surface area contributed by atoms with E-state index in [1.54, 1.807) is 36.6 Å². The van der Waals surface area contributed by atoms with Crippen molar-refractivity contribution in [2.75, 3.05) is 43.5 Å². The van der Waals surface area contributed by atoms with Crippen LogP contribution < -0.4 is 25.0 Å². The Bertz CT molecular complexity index is 1330. The first-order valence-corrected chi connectivity index (χ1v) is 12.7. The van der Waals surface area contributed by atoms with E-state index in [-0.39, 0.29) is 6.10 Å². The summed E-state index contributed by atoms with van der Waals surface area (Å²) in [5.41, 5.74) is 2.39. The van der Waals surface area contributed by atoms with Crippen LogP contribution in [-0.2, 0) is 6.54 Å². The number of ether oxygens (including phenoxy) is 2. The zero-order chi connectivity index (χ0) is 26.3. The molecule has 1 saturated heterocycles. The van der Waals surface area contributed by atoms with Crippen molar-refractivity contribution in [2.45, 2.75) is 26.0 Å². The molecule has 0 radical (unpaired) electrons. The van der Waals surface area contributed by atoms with E-state index in [1.165, 1.54) is 0 Å². The van der Waals surface area contributed by atoms with Crippen LogP contribution in [-0.4, -0.2) is 74.6 Å². The number of hydrogen-bond acceptors (Lipinski definition) is 11. The SMILES string of the molecule is COc1nc(N2CCCNCC2)ccc1Nc1ncc(-c2ccc(Cl)c(O[C@@H](C)Cn3cnnn3)c2)cn1. The van der Waals surface area contributed by atoms with E-state index >= 15 is 0 Å². The van der Waals surface area contributed by atoms with Crippen LogP contribution >= 0.6 is 11.6 Å². The fraction of sp³-hybridized carbons (Fsp3) is 0.360. The fourth-order valence-corrected chi connectivity index (χ4v) is 4.31. The molecule has 1 aliphatic rings. The summed E-state index contributed by atoms with van der Waals surface area (Å²) in [6, 6.07) is 9.49. The first-order chi connectivity index (χ1) is 18.6. The summed E-state index contributed by atoms with van der Waals surface area (Å²) in [6.45, 7) is 6.23. The Kier molecular flexibility index (Phi) is 8.09. The molecular formula is C25H29ClN10O2. The molecule has 0 saturated carbocycles. The molecule has 0 bridgehead atoms. The normalized spacial score (nSPS) is 14.6. The predicted octanol–water partition coefficient (Wildman–Crippen LogP) is 3.20. The van der Waals surface area contributed by atoms with Gasteiger partial charge in [0.1, 0.15) is 29.7 Å². The van der Waals surface area contributed by atoms with Crippen molar-refractivity contribution >= 4 is 29.1 Å². The maximum Gasteiger partial charge on any atom is 0.239 e. The molecule has 4 aromatic rings. The molecule has 1 aromatic carbocycles. The van der Waals surface area contributed by atoms with Crippen molar-refractivity contribution in [2.24, 2.45) is 0 Å². The maximum atomic E-state index is 6.39. The van der Waals surface area contributed by atoms with Gasteiger partial charge in [-0.05, 0) is 60.1 Å². The lowest BCUT2D eigenvalue weighted by atomic mass is 10.1. The number of nitrogens with zero attached hydrogens (tertiary/aromatic N) is 8. The number of rotatable bonds is 9. The summed E-state index contributed by atoms with van der Waals surface area (Å²) in [4.78, 5) is 15.9. The van der Waals surface area contributed by atoms with E-state index in [1.807, 2.05) is 31.2 Å². The number of nitrogens with one attached hydrogen (secondary N) is 2. The fourth-order valence-electron chi connectivity index (χ4n) is 4.15. The smallest absolute Gasteiger partial charge is 0.239 e. The number of tetrazole rings is 1. The van der Waals surface area contributed by atoms with Gasteiger partial charge in [0.15, 0.2) is 0 Å².